The lowest BCUT2D eigenvalue weighted by molar-refractivity contribution is -0.255. The first kappa shape index (κ1) is 18.6. The summed E-state index contributed by atoms with van der Waals surface area (Å²) in [7, 11) is 0. The molecule has 3 rings (SSSR count). The summed E-state index contributed by atoms with van der Waals surface area (Å²) in [4.78, 5) is 23.8. The monoisotopic (exact) mass is 493 g/mol. The molecule has 0 amide bonds. The lowest BCUT2D eigenvalue weighted by Gasteiger charge is -2.13. The van der Waals surface area contributed by atoms with Crippen molar-refractivity contribution in [2.75, 3.05) is 0 Å². The van der Waals surface area contributed by atoms with E-state index in [1.54, 1.807) is 22.6 Å². The van der Waals surface area contributed by atoms with E-state index in [1.165, 1.54) is 12.1 Å². The Hall–Kier alpha value is -2.14. The maximum Gasteiger partial charge on any atom is 0.417 e. The molecule has 0 atom stereocenters. The van der Waals surface area contributed by atoms with E-state index in [0.717, 1.165) is 24.3 Å². The number of carboxylic acids is 1. The number of fused-ring (bicyclic) bond motifs is 1. The minimum Gasteiger partial charge on any atom is -0.545 e. The van der Waals surface area contributed by atoms with Crippen molar-refractivity contribution >= 4 is 57.0 Å². The average molecular weight is 494 g/mol. The van der Waals surface area contributed by atoms with Crippen molar-refractivity contribution in [1.29, 1.82) is 0 Å². The minimum absolute atomic E-state index is 0.0362. The van der Waals surface area contributed by atoms with E-state index in [9.17, 15) is 27.9 Å². The topological polar surface area (TPSA) is 75.0 Å². The van der Waals surface area contributed by atoms with Crippen LogP contribution in [0.1, 0.15) is 26.3 Å². The van der Waals surface area contributed by atoms with E-state index in [0.29, 0.717) is 13.8 Å². The molecule has 0 aliphatic carbocycles. The average Bonchev–Trinajstić information content (AvgIpc) is 2.89. The van der Waals surface area contributed by atoms with Gasteiger partial charge in [0, 0.05) is 5.39 Å². The van der Waals surface area contributed by atoms with Crippen LogP contribution in [-0.2, 0) is 6.18 Å². The van der Waals surface area contributed by atoms with Gasteiger partial charge in [0.15, 0.2) is 0 Å². The van der Waals surface area contributed by atoms with Gasteiger partial charge in [-0.3, -0.25) is 4.79 Å². The van der Waals surface area contributed by atoms with Gasteiger partial charge < -0.3 is 9.90 Å². The highest BCUT2D eigenvalue weighted by atomic mass is 127. The van der Waals surface area contributed by atoms with Gasteiger partial charge in [-0.1, -0.05) is 23.7 Å². The van der Waals surface area contributed by atoms with Crippen molar-refractivity contribution in [3.63, 3.8) is 0 Å². The molecule has 0 N–H and O–H groups in total. The zero-order chi connectivity index (χ0) is 19.2. The fourth-order valence-corrected chi connectivity index (χ4v) is 3.37. The molecule has 0 spiro atoms. The first-order chi connectivity index (χ1) is 12.1. The number of carbonyl (C=O) groups is 2. The number of alkyl halides is 3. The number of aromatic carboxylic acids is 1. The van der Waals surface area contributed by atoms with Crippen LogP contribution in [0, 0.1) is 3.70 Å². The van der Waals surface area contributed by atoms with Gasteiger partial charge in [-0.05, 0) is 52.4 Å². The molecule has 3 aromatic rings. The Morgan fingerprint density at radius 2 is 1.88 bits per heavy atom. The van der Waals surface area contributed by atoms with Crippen LogP contribution in [0.4, 0.5) is 13.2 Å². The Morgan fingerprint density at radius 1 is 1.19 bits per heavy atom. The summed E-state index contributed by atoms with van der Waals surface area (Å²) in [5.74, 6) is -2.61. The molecule has 5 nitrogen and oxygen atoms in total. The van der Waals surface area contributed by atoms with Crippen LogP contribution >= 0.6 is 34.2 Å². The number of aromatic nitrogens is 2. The highest BCUT2D eigenvalue weighted by Gasteiger charge is 2.37. The standard InChI is InChI=1S/C16H7ClF3IN2O3/c17-10-3-1-2-9(16(18,19)20)12(10)14(24)23-11-6-7(15(25)26)4-5-8(11)13(21)22-23/h1-6H,(H,25,26)/p-1. The van der Waals surface area contributed by atoms with E-state index in [2.05, 4.69) is 5.10 Å². The van der Waals surface area contributed by atoms with E-state index in [-0.39, 0.29) is 16.1 Å². The molecule has 2 aromatic carbocycles. The number of rotatable bonds is 2. The zero-order valence-corrected chi connectivity index (χ0v) is 15.4. The molecule has 26 heavy (non-hydrogen) atoms. The van der Waals surface area contributed by atoms with Crippen LogP contribution in [0.3, 0.4) is 0 Å². The summed E-state index contributed by atoms with van der Waals surface area (Å²) in [6, 6.07) is 6.75. The van der Waals surface area contributed by atoms with Crippen molar-refractivity contribution in [3.05, 3.63) is 61.8 Å². The Morgan fingerprint density at radius 3 is 2.50 bits per heavy atom. The van der Waals surface area contributed by atoms with Crippen LogP contribution in [0.2, 0.25) is 5.02 Å². The second-order valence-corrected chi connectivity index (χ2v) is 6.62. The summed E-state index contributed by atoms with van der Waals surface area (Å²) >= 11 is 7.64. The molecular formula is C16H6ClF3IN2O3-. The maximum atomic E-state index is 13.3. The fourth-order valence-electron chi connectivity index (χ4n) is 2.44. The van der Waals surface area contributed by atoms with Crippen molar-refractivity contribution in [2.24, 2.45) is 0 Å². The van der Waals surface area contributed by atoms with E-state index < -0.39 is 29.2 Å². The lowest BCUT2D eigenvalue weighted by Crippen LogP contribution is -2.23. The number of carbonyl (C=O) groups excluding carboxylic acids is 2. The molecule has 0 saturated heterocycles. The SMILES string of the molecule is O=C([O-])c1ccc2c(I)nn(C(=O)c3c(Cl)cccc3C(F)(F)F)c2c1. The van der Waals surface area contributed by atoms with E-state index in [1.807, 2.05) is 0 Å². The molecule has 0 aliphatic heterocycles. The first-order valence-electron chi connectivity index (χ1n) is 6.91. The quantitative estimate of drug-likeness (QED) is 0.513. The first-order valence-corrected chi connectivity index (χ1v) is 8.37. The highest BCUT2D eigenvalue weighted by molar-refractivity contribution is 14.1. The molecule has 0 aliphatic rings. The molecule has 0 radical (unpaired) electrons. The van der Waals surface area contributed by atoms with Crippen LogP contribution in [0.15, 0.2) is 36.4 Å². The number of hydrogen-bond acceptors (Lipinski definition) is 4. The number of hydrogen-bond donors (Lipinski definition) is 0. The van der Waals surface area contributed by atoms with Crippen LogP contribution in [0.5, 0.6) is 0 Å². The number of nitrogens with zero attached hydrogens (tertiary/aromatic N) is 2. The predicted molar refractivity (Wildman–Crippen MR) is 93.0 cm³/mol. The molecular weight excluding hydrogens is 488 g/mol. The Labute approximate surface area is 162 Å². The van der Waals surface area contributed by atoms with Gasteiger partial charge in [0.05, 0.1) is 27.6 Å². The van der Waals surface area contributed by atoms with Gasteiger partial charge in [-0.2, -0.15) is 23.0 Å². The summed E-state index contributed by atoms with van der Waals surface area (Å²) in [5.41, 5.74) is -2.17. The Bertz CT molecular complexity index is 1060. The summed E-state index contributed by atoms with van der Waals surface area (Å²) < 4.78 is 40.8. The molecule has 1 heterocycles. The number of carboxylic acid groups (broad SMARTS) is 1. The van der Waals surface area contributed by atoms with Crippen LogP contribution in [-0.4, -0.2) is 21.7 Å². The molecule has 10 heteroatoms. The largest absolute Gasteiger partial charge is 0.545 e. The fraction of sp³-hybridized carbons (Fsp3) is 0.0625. The third-order valence-corrected chi connectivity index (χ3v) is 4.71. The maximum absolute atomic E-state index is 13.3. The Balaban J connectivity index is 2.27. The normalized spacial score (nSPS) is 11.7. The summed E-state index contributed by atoms with van der Waals surface area (Å²) in [6.45, 7) is 0. The zero-order valence-electron chi connectivity index (χ0n) is 12.5. The van der Waals surface area contributed by atoms with Gasteiger partial charge >= 0.3 is 6.18 Å². The number of benzene rings is 2. The highest BCUT2D eigenvalue weighted by Crippen LogP contribution is 2.36. The van der Waals surface area contributed by atoms with E-state index >= 15 is 0 Å². The van der Waals surface area contributed by atoms with Crippen LogP contribution < -0.4 is 5.11 Å². The molecule has 1 aromatic heterocycles. The van der Waals surface area contributed by atoms with Crippen molar-refractivity contribution in [1.82, 2.24) is 9.78 Å². The van der Waals surface area contributed by atoms with Gasteiger partial charge in [0.25, 0.3) is 5.91 Å². The van der Waals surface area contributed by atoms with Gasteiger partial charge in [-0.15, -0.1) is 0 Å². The molecule has 0 fully saturated rings. The van der Waals surface area contributed by atoms with Crippen molar-refractivity contribution in [2.45, 2.75) is 6.18 Å². The van der Waals surface area contributed by atoms with Crippen molar-refractivity contribution in [3.8, 4) is 0 Å². The van der Waals surface area contributed by atoms with Gasteiger partial charge in [0.2, 0.25) is 0 Å². The molecule has 0 unspecified atom stereocenters. The third-order valence-electron chi connectivity index (χ3n) is 3.60. The molecule has 0 bridgehead atoms. The van der Waals surface area contributed by atoms with Crippen LogP contribution in [0.25, 0.3) is 10.9 Å². The minimum atomic E-state index is -4.80. The summed E-state index contributed by atoms with van der Waals surface area (Å²) in [5, 5.41) is 15.0. The van der Waals surface area contributed by atoms with Crippen molar-refractivity contribution < 1.29 is 27.9 Å². The summed E-state index contributed by atoms with van der Waals surface area (Å²) in [6.07, 6.45) is -4.80. The lowest BCUT2D eigenvalue weighted by atomic mass is 10.1. The molecule has 0 saturated carbocycles. The Kier molecular flexibility index (Phi) is 4.69. The molecule has 134 valence electrons. The smallest absolute Gasteiger partial charge is 0.417 e. The van der Waals surface area contributed by atoms with Gasteiger partial charge in [-0.25, -0.2) is 0 Å². The second-order valence-electron chi connectivity index (χ2n) is 5.19. The van der Waals surface area contributed by atoms with E-state index in [4.69, 9.17) is 11.6 Å². The third kappa shape index (κ3) is 3.16. The predicted octanol–water partition coefficient (Wildman–Crippen LogP) is 3.37. The number of halogens is 5. The van der Waals surface area contributed by atoms with Gasteiger partial charge in [0.1, 0.15) is 3.70 Å². The second kappa shape index (κ2) is 6.54.